The van der Waals surface area contributed by atoms with Crippen LogP contribution in [0, 0.1) is 11.3 Å². The van der Waals surface area contributed by atoms with Gasteiger partial charge in [0.15, 0.2) is 0 Å². The Labute approximate surface area is 91.2 Å². The van der Waals surface area contributed by atoms with Crippen molar-refractivity contribution < 1.29 is 13.2 Å². The number of nitriles is 1. The number of halogens is 5. The number of alkyl halides is 3. The first kappa shape index (κ1) is 11.3. The minimum absolute atomic E-state index is 0.220. The summed E-state index contributed by atoms with van der Waals surface area (Å²) in [6, 6.07) is 3.40. The molecule has 0 amide bonds. The SMILES string of the molecule is N#Cc1c(C(F)(F)F)ccc(Br)c1Cl. The molecule has 1 aromatic rings. The summed E-state index contributed by atoms with van der Waals surface area (Å²) in [6.07, 6.45) is -4.56. The van der Waals surface area contributed by atoms with Crippen molar-refractivity contribution in [3.63, 3.8) is 0 Å². The molecular formula is C8H2BrClF3N. The molecule has 0 bridgehead atoms. The van der Waals surface area contributed by atoms with E-state index < -0.39 is 17.3 Å². The van der Waals surface area contributed by atoms with E-state index in [-0.39, 0.29) is 9.50 Å². The van der Waals surface area contributed by atoms with E-state index in [0.29, 0.717) is 0 Å². The Morgan fingerprint density at radius 1 is 1.36 bits per heavy atom. The highest BCUT2D eigenvalue weighted by atomic mass is 79.9. The molecule has 0 N–H and O–H groups in total. The number of hydrogen-bond donors (Lipinski definition) is 0. The van der Waals surface area contributed by atoms with Crippen LogP contribution >= 0.6 is 27.5 Å². The van der Waals surface area contributed by atoms with Crippen LogP contribution in [0.3, 0.4) is 0 Å². The number of hydrogen-bond acceptors (Lipinski definition) is 1. The number of benzene rings is 1. The Bertz CT molecular complexity index is 408. The molecule has 1 nitrogen and oxygen atoms in total. The van der Waals surface area contributed by atoms with Crippen molar-refractivity contribution in [2.45, 2.75) is 6.18 Å². The van der Waals surface area contributed by atoms with Crippen LogP contribution in [0.5, 0.6) is 0 Å². The zero-order valence-corrected chi connectivity index (χ0v) is 8.83. The number of rotatable bonds is 0. The fourth-order valence-corrected chi connectivity index (χ4v) is 1.43. The summed E-state index contributed by atoms with van der Waals surface area (Å²) in [4.78, 5) is 0. The maximum Gasteiger partial charge on any atom is 0.417 e. The molecule has 0 radical (unpaired) electrons. The van der Waals surface area contributed by atoms with E-state index in [0.717, 1.165) is 12.1 Å². The molecule has 6 heteroatoms. The lowest BCUT2D eigenvalue weighted by atomic mass is 10.1. The molecular weight excluding hydrogens is 282 g/mol. The standard InChI is InChI=1S/C8H2BrClF3N/c9-6-2-1-5(8(11,12)13)4(3-14)7(6)10/h1-2H. The van der Waals surface area contributed by atoms with Gasteiger partial charge in [0.1, 0.15) is 6.07 Å². The topological polar surface area (TPSA) is 23.8 Å². The van der Waals surface area contributed by atoms with Gasteiger partial charge in [-0.15, -0.1) is 0 Å². The summed E-state index contributed by atoms with van der Waals surface area (Å²) in [7, 11) is 0. The quantitative estimate of drug-likeness (QED) is 0.706. The van der Waals surface area contributed by atoms with E-state index in [2.05, 4.69) is 15.9 Å². The Balaban J connectivity index is 3.49. The van der Waals surface area contributed by atoms with Gasteiger partial charge in [0.25, 0.3) is 0 Å². The molecule has 0 aromatic heterocycles. The molecule has 74 valence electrons. The molecule has 0 spiro atoms. The summed E-state index contributed by atoms with van der Waals surface area (Å²) in [6.45, 7) is 0. The van der Waals surface area contributed by atoms with E-state index in [1.54, 1.807) is 0 Å². The van der Waals surface area contributed by atoms with Gasteiger partial charge >= 0.3 is 6.18 Å². The predicted molar refractivity (Wildman–Crippen MR) is 48.9 cm³/mol. The summed E-state index contributed by atoms with van der Waals surface area (Å²) >= 11 is 8.47. The van der Waals surface area contributed by atoms with E-state index in [9.17, 15) is 13.2 Å². The van der Waals surface area contributed by atoms with Gasteiger partial charge in [0.2, 0.25) is 0 Å². The molecule has 0 aliphatic rings. The third kappa shape index (κ3) is 2.02. The van der Waals surface area contributed by atoms with E-state index in [1.165, 1.54) is 6.07 Å². The summed E-state index contributed by atoms with van der Waals surface area (Å²) in [5, 5.41) is 8.31. The molecule has 0 saturated carbocycles. The van der Waals surface area contributed by atoms with Gasteiger partial charge in [-0.25, -0.2) is 0 Å². The average Bonchev–Trinajstić information content (AvgIpc) is 2.07. The first-order chi connectivity index (χ1) is 6.38. The second kappa shape index (κ2) is 3.79. The van der Waals surface area contributed by atoms with Crippen LogP contribution in [-0.2, 0) is 6.18 Å². The largest absolute Gasteiger partial charge is 0.417 e. The van der Waals surface area contributed by atoms with E-state index in [4.69, 9.17) is 16.9 Å². The fraction of sp³-hybridized carbons (Fsp3) is 0.125. The minimum Gasteiger partial charge on any atom is -0.192 e. The normalized spacial score (nSPS) is 11.1. The molecule has 0 atom stereocenters. The highest BCUT2D eigenvalue weighted by molar-refractivity contribution is 9.10. The van der Waals surface area contributed by atoms with Gasteiger partial charge in [-0.05, 0) is 28.1 Å². The van der Waals surface area contributed by atoms with Crippen molar-refractivity contribution in [1.82, 2.24) is 0 Å². The van der Waals surface area contributed by atoms with Crippen LogP contribution in [0.4, 0.5) is 13.2 Å². The highest BCUT2D eigenvalue weighted by Crippen LogP contribution is 2.37. The molecule has 1 rings (SSSR count). The fourth-order valence-electron chi connectivity index (χ4n) is 0.896. The van der Waals surface area contributed by atoms with Crippen molar-refractivity contribution in [2.75, 3.05) is 0 Å². The monoisotopic (exact) mass is 283 g/mol. The van der Waals surface area contributed by atoms with Crippen LogP contribution < -0.4 is 0 Å². The Kier molecular flexibility index (Phi) is 3.07. The first-order valence-corrected chi connectivity index (χ1v) is 4.50. The molecule has 0 saturated heterocycles. The molecule has 0 aliphatic carbocycles. The van der Waals surface area contributed by atoms with Crippen molar-refractivity contribution in [2.24, 2.45) is 0 Å². The molecule has 14 heavy (non-hydrogen) atoms. The maximum atomic E-state index is 12.3. The van der Waals surface area contributed by atoms with Crippen molar-refractivity contribution >= 4 is 27.5 Å². The van der Waals surface area contributed by atoms with Gasteiger partial charge in [0.05, 0.1) is 16.1 Å². The lowest BCUT2D eigenvalue weighted by Crippen LogP contribution is -2.08. The minimum atomic E-state index is -4.56. The summed E-state index contributed by atoms with van der Waals surface area (Å²) in [5.74, 6) is 0. The van der Waals surface area contributed by atoms with Crippen molar-refractivity contribution in [1.29, 1.82) is 5.26 Å². The van der Waals surface area contributed by atoms with Crippen LogP contribution in [0.2, 0.25) is 5.02 Å². The molecule has 0 fully saturated rings. The third-order valence-corrected chi connectivity index (χ3v) is 2.79. The van der Waals surface area contributed by atoms with Crippen molar-refractivity contribution in [3.05, 3.63) is 32.8 Å². The second-order valence-corrected chi connectivity index (χ2v) is 3.63. The van der Waals surface area contributed by atoms with Crippen LogP contribution in [0.15, 0.2) is 16.6 Å². The third-order valence-electron chi connectivity index (χ3n) is 1.51. The molecule has 1 aromatic carbocycles. The average molecular weight is 284 g/mol. The number of nitrogens with zero attached hydrogens (tertiary/aromatic N) is 1. The first-order valence-electron chi connectivity index (χ1n) is 3.33. The highest BCUT2D eigenvalue weighted by Gasteiger charge is 2.34. The second-order valence-electron chi connectivity index (χ2n) is 2.39. The van der Waals surface area contributed by atoms with Crippen LogP contribution in [0.25, 0.3) is 0 Å². The summed E-state index contributed by atoms with van der Waals surface area (Å²) in [5.41, 5.74) is -1.58. The van der Waals surface area contributed by atoms with E-state index in [1.807, 2.05) is 0 Å². The lowest BCUT2D eigenvalue weighted by Gasteiger charge is -2.09. The maximum absolute atomic E-state index is 12.3. The Morgan fingerprint density at radius 2 is 1.93 bits per heavy atom. The smallest absolute Gasteiger partial charge is 0.192 e. The van der Waals surface area contributed by atoms with Crippen molar-refractivity contribution in [3.8, 4) is 6.07 Å². The Morgan fingerprint density at radius 3 is 2.36 bits per heavy atom. The zero-order chi connectivity index (χ0) is 10.9. The predicted octanol–water partition coefficient (Wildman–Crippen LogP) is 3.99. The van der Waals surface area contributed by atoms with Gasteiger partial charge < -0.3 is 0 Å². The van der Waals surface area contributed by atoms with Crippen LogP contribution in [-0.4, -0.2) is 0 Å². The summed E-state index contributed by atoms with van der Waals surface area (Å²) < 4.78 is 37.2. The van der Waals surface area contributed by atoms with Crippen LogP contribution in [0.1, 0.15) is 11.1 Å². The lowest BCUT2D eigenvalue weighted by molar-refractivity contribution is -0.137. The van der Waals surface area contributed by atoms with Gasteiger partial charge in [-0.1, -0.05) is 11.6 Å². The zero-order valence-electron chi connectivity index (χ0n) is 6.49. The molecule has 0 unspecified atom stereocenters. The van der Waals surface area contributed by atoms with Gasteiger partial charge in [-0.3, -0.25) is 0 Å². The molecule has 0 heterocycles. The Hall–Kier alpha value is -0.730. The van der Waals surface area contributed by atoms with E-state index >= 15 is 0 Å². The molecule has 0 aliphatic heterocycles. The van der Waals surface area contributed by atoms with Gasteiger partial charge in [-0.2, -0.15) is 18.4 Å². The van der Waals surface area contributed by atoms with Gasteiger partial charge in [0, 0.05) is 4.47 Å².